The van der Waals surface area contributed by atoms with Crippen molar-refractivity contribution < 1.29 is 9.47 Å². The summed E-state index contributed by atoms with van der Waals surface area (Å²) in [6.07, 6.45) is 7.78. The third kappa shape index (κ3) is 2.65. The lowest BCUT2D eigenvalue weighted by Crippen LogP contribution is -2.64. The van der Waals surface area contributed by atoms with Crippen molar-refractivity contribution >= 4 is 0 Å². The number of likely N-dealkylation sites (tertiary alicyclic amines) is 2. The van der Waals surface area contributed by atoms with Gasteiger partial charge in [-0.1, -0.05) is 0 Å². The molecule has 4 saturated heterocycles. The Kier molecular flexibility index (Phi) is 3.77. The Hall–Kier alpha value is -0.160. The average molecular weight is 294 g/mol. The smallest absolute Gasteiger partial charge is 0.0707 e. The molecule has 120 valence electrons. The number of hydrogen-bond acceptors (Lipinski definition) is 4. The summed E-state index contributed by atoms with van der Waals surface area (Å²) in [5.41, 5.74) is 0.654. The zero-order chi connectivity index (χ0) is 14.3. The Balaban J connectivity index is 1.29. The first-order valence-electron chi connectivity index (χ1n) is 8.85. The van der Waals surface area contributed by atoms with Crippen LogP contribution in [0.4, 0.5) is 0 Å². The summed E-state index contributed by atoms with van der Waals surface area (Å²) in [5.74, 6) is 0.864. The van der Waals surface area contributed by atoms with Crippen LogP contribution in [0.15, 0.2) is 0 Å². The van der Waals surface area contributed by atoms with Crippen LogP contribution in [-0.2, 0) is 9.47 Å². The molecule has 1 atom stereocenters. The van der Waals surface area contributed by atoms with E-state index in [2.05, 4.69) is 16.8 Å². The zero-order valence-corrected chi connectivity index (χ0v) is 13.5. The standard InChI is InChI=1S/C17H30N2O2/c1-18-7-3-15(11-16(18)13-20-14-16)12-19-8-5-17(6-9-19)4-2-10-21-17/h15H,2-14H2,1H3. The van der Waals surface area contributed by atoms with Crippen LogP contribution < -0.4 is 0 Å². The Morgan fingerprint density at radius 1 is 1.10 bits per heavy atom. The molecule has 0 N–H and O–H groups in total. The highest BCUT2D eigenvalue weighted by molar-refractivity contribution is 5.00. The van der Waals surface area contributed by atoms with Gasteiger partial charge in [0.05, 0.1) is 24.4 Å². The second-order valence-electron chi connectivity index (χ2n) is 7.93. The summed E-state index contributed by atoms with van der Waals surface area (Å²) in [6.45, 7) is 7.94. The monoisotopic (exact) mass is 294 g/mol. The maximum absolute atomic E-state index is 6.04. The van der Waals surface area contributed by atoms with Gasteiger partial charge in [-0.25, -0.2) is 0 Å². The summed E-state index contributed by atoms with van der Waals surface area (Å²) in [6, 6.07) is 0. The molecular formula is C17H30N2O2. The number of nitrogens with zero attached hydrogens (tertiary/aromatic N) is 2. The van der Waals surface area contributed by atoms with Crippen LogP contribution in [0.5, 0.6) is 0 Å². The number of hydrogen-bond donors (Lipinski definition) is 0. The molecular weight excluding hydrogens is 264 g/mol. The molecule has 0 aromatic rings. The van der Waals surface area contributed by atoms with Gasteiger partial charge in [0.25, 0.3) is 0 Å². The summed E-state index contributed by atoms with van der Waals surface area (Å²) in [5, 5.41) is 0. The molecule has 0 radical (unpaired) electrons. The third-order valence-electron chi connectivity index (χ3n) is 6.56. The lowest BCUT2D eigenvalue weighted by atomic mass is 9.78. The normalized spacial score (nSPS) is 36.1. The van der Waals surface area contributed by atoms with Crippen molar-refractivity contribution in [3.63, 3.8) is 0 Å². The minimum absolute atomic E-state index is 0.270. The quantitative estimate of drug-likeness (QED) is 0.774. The fraction of sp³-hybridized carbons (Fsp3) is 1.00. The Morgan fingerprint density at radius 3 is 2.52 bits per heavy atom. The van der Waals surface area contributed by atoms with Gasteiger partial charge in [0.15, 0.2) is 0 Å². The van der Waals surface area contributed by atoms with E-state index in [0.29, 0.717) is 5.54 Å². The van der Waals surface area contributed by atoms with E-state index in [1.807, 2.05) is 0 Å². The SMILES string of the molecule is CN1CCC(CN2CCC3(CCCO3)CC2)CC12COC2. The van der Waals surface area contributed by atoms with E-state index in [1.54, 1.807) is 0 Å². The van der Waals surface area contributed by atoms with Crippen molar-refractivity contribution in [1.82, 2.24) is 9.80 Å². The zero-order valence-electron chi connectivity index (χ0n) is 13.5. The second kappa shape index (κ2) is 5.48. The molecule has 4 heteroatoms. The van der Waals surface area contributed by atoms with E-state index in [0.717, 1.165) is 25.7 Å². The third-order valence-corrected chi connectivity index (χ3v) is 6.56. The van der Waals surface area contributed by atoms with Crippen LogP contribution in [0, 0.1) is 5.92 Å². The second-order valence-corrected chi connectivity index (χ2v) is 7.93. The molecule has 4 fully saturated rings. The molecule has 0 bridgehead atoms. The van der Waals surface area contributed by atoms with Crippen molar-refractivity contribution in [2.45, 2.75) is 49.7 Å². The maximum atomic E-state index is 6.04. The summed E-state index contributed by atoms with van der Waals surface area (Å²) in [7, 11) is 2.28. The van der Waals surface area contributed by atoms with Crippen molar-refractivity contribution in [3.8, 4) is 0 Å². The largest absolute Gasteiger partial charge is 0.377 e. The minimum Gasteiger partial charge on any atom is -0.377 e. The lowest BCUT2D eigenvalue weighted by Gasteiger charge is -2.53. The minimum atomic E-state index is 0.270. The molecule has 4 nitrogen and oxygen atoms in total. The molecule has 1 unspecified atom stereocenters. The number of piperidine rings is 2. The maximum Gasteiger partial charge on any atom is 0.0707 e. The highest BCUT2D eigenvalue weighted by atomic mass is 16.5. The molecule has 0 aromatic heterocycles. The van der Waals surface area contributed by atoms with Crippen LogP contribution in [0.25, 0.3) is 0 Å². The fourth-order valence-corrected chi connectivity index (χ4v) is 4.90. The van der Waals surface area contributed by atoms with Gasteiger partial charge >= 0.3 is 0 Å². The molecule has 4 aliphatic heterocycles. The first kappa shape index (κ1) is 14.4. The highest BCUT2D eigenvalue weighted by Gasteiger charge is 2.47. The van der Waals surface area contributed by atoms with Crippen LogP contribution in [0.1, 0.15) is 38.5 Å². The average Bonchev–Trinajstić information content (AvgIpc) is 2.90. The molecule has 0 saturated carbocycles. The first-order chi connectivity index (χ1) is 10.2. The van der Waals surface area contributed by atoms with E-state index in [1.165, 1.54) is 64.7 Å². The van der Waals surface area contributed by atoms with Crippen molar-refractivity contribution in [3.05, 3.63) is 0 Å². The van der Waals surface area contributed by atoms with Crippen molar-refractivity contribution in [1.29, 1.82) is 0 Å². The molecule has 4 rings (SSSR count). The van der Waals surface area contributed by atoms with Gasteiger partial charge in [0, 0.05) is 26.2 Å². The number of rotatable bonds is 2. The van der Waals surface area contributed by atoms with Gasteiger partial charge < -0.3 is 14.4 Å². The van der Waals surface area contributed by atoms with Gasteiger partial charge in [0.1, 0.15) is 0 Å². The summed E-state index contributed by atoms with van der Waals surface area (Å²) in [4.78, 5) is 5.25. The van der Waals surface area contributed by atoms with E-state index in [9.17, 15) is 0 Å². The van der Waals surface area contributed by atoms with Crippen LogP contribution in [0.2, 0.25) is 0 Å². The molecule has 0 aliphatic carbocycles. The summed E-state index contributed by atoms with van der Waals surface area (Å²) >= 11 is 0. The van der Waals surface area contributed by atoms with Crippen molar-refractivity contribution in [2.24, 2.45) is 5.92 Å². The Morgan fingerprint density at radius 2 is 1.90 bits per heavy atom. The molecule has 4 heterocycles. The van der Waals surface area contributed by atoms with Gasteiger partial charge in [-0.3, -0.25) is 4.90 Å². The van der Waals surface area contributed by atoms with Gasteiger partial charge in [-0.05, 0) is 58.0 Å². The molecule has 2 spiro atoms. The van der Waals surface area contributed by atoms with Crippen molar-refractivity contribution in [2.75, 3.05) is 53.0 Å². The Bertz CT molecular complexity index is 367. The highest BCUT2D eigenvalue weighted by Crippen LogP contribution is 2.39. The van der Waals surface area contributed by atoms with Crippen LogP contribution in [0.3, 0.4) is 0 Å². The molecule has 21 heavy (non-hydrogen) atoms. The van der Waals surface area contributed by atoms with E-state index >= 15 is 0 Å². The Labute approximate surface area is 128 Å². The predicted molar refractivity (Wildman–Crippen MR) is 82.5 cm³/mol. The van der Waals surface area contributed by atoms with E-state index < -0.39 is 0 Å². The molecule has 0 amide bonds. The van der Waals surface area contributed by atoms with Gasteiger partial charge in [-0.2, -0.15) is 0 Å². The molecule has 4 aliphatic rings. The lowest BCUT2D eigenvalue weighted by molar-refractivity contribution is -0.159. The number of ether oxygens (including phenoxy) is 2. The van der Waals surface area contributed by atoms with E-state index in [4.69, 9.17) is 9.47 Å². The van der Waals surface area contributed by atoms with E-state index in [-0.39, 0.29) is 5.60 Å². The predicted octanol–water partition coefficient (Wildman–Crippen LogP) is 1.74. The fourth-order valence-electron chi connectivity index (χ4n) is 4.90. The number of likely N-dealkylation sites (N-methyl/N-ethyl adjacent to an activating group) is 1. The van der Waals surface area contributed by atoms with Crippen LogP contribution >= 0.6 is 0 Å². The summed E-state index contributed by atoms with van der Waals surface area (Å²) < 4.78 is 11.6. The topological polar surface area (TPSA) is 24.9 Å². The van der Waals surface area contributed by atoms with Crippen LogP contribution in [-0.4, -0.2) is 74.0 Å². The molecule has 0 aromatic carbocycles. The van der Waals surface area contributed by atoms with Gasteiger partial charge in [-0.15, -0.1) is 0 Å². The first-order valence-corrected chi connectivity index (χ1v) is 8.85. The van der Waals surface area contributed by atoms with Gasteiger partial charge in [0.2, 0.25) is 0 Å².